The zero-order valence-electron chi connectivity index (χ0n) is 12.1. The van der Waals surface area contributed by atoms with Gasteiger partial charge in [0.2, 0.25) is 0 Å². The second-order valence-corrected chi connectivity index (χ2v) is 6.16. The number of benzene rings is 1. The Morgan fingerprint density at radius 2 is 2.30 bits per heavy atom. The Morgan fingerprint density at radius 1 is 1.45 bits per heavy atom. The molecule has 2 aliphatic heterocycles. The van der Waals surface area contributed by atoms with Crippen molar-refractivity contribution in [3.8, 4) is 0 Å². The van der Waals surface area contributed by atoms with Gasteiger partial charge in [-0.05, 0) is 37.6 Å². The SMILES string of the molecule is CN(CC1OCCc2ccccc21)CC1(O)CCNC1. The molecule has 1 saturated heterocycles. The van der Waals surface area contributed by atoms with Gasteiger partial charge >= 0.3 is 0 Å². The Morgan fingerprint density at radius 3 is 3.10 bits per heavy atom. The maximum atomic E-state index is 10.4. The van der Waals surface area contributed by atoms with Gasteiger partial charge in [0, 0.05) is 19.6 Å². The van der Waals surface area contributed by atoms with E-state index in [-0.39, 0.29) is 6.10 Å². The van der Waals surface area contributed by atoms with E-state index in [1.165, 1.54) is 11.1 Å². The molecule has 4 heteroatoms. The van der Waals surface area contributed by atoms with Crippen LogP contribution in [0.3, 0.4) is 0 Å². The van der Waals surface area contributed by atoms with Crippen molar-refractivity contribution >= 4 is 0 Å². The number of ether oxygens (including phenoxy) is 1. The van der Waals surface area contributed by atoms with Crippen LogP contribution in [-0.2, 0) is 11.2 Å². The van der Waals surface area contributed by atoms with Crippen LogP contribution in [0.4, 0.5) is 0 Å². The first-order chi connectivity index (χ1) is 9.66. The number of rotatable bonds is 4. The maximum Gasteiger partial charge on any atom is 0.0954 e. The Kier molecular flexibility index (Phi) is 4.08. The molecule has 3 rings (SSSR count). The van der Waals surface area contributed by atoms with Crippen LogP contribution in [0.15, 0.2) is 24.3 Å². The van der Waals surface area contributed by atoms with Gasteiger partial charge in [-0.1, -0.05) is 24.3 Å². The van der Waals surface area contributed by atoms with Crippen LogP contribution in [-0.4, -0.2) is 55.4 Å². The molecule has 2 heterocycles. The molecule has 2 atom stereocenters. The lowest BCUT2D eigenvalue weighted by Crippen LogP contribution is -2.44. The van der Waals surface area contributed by atoms with Gasteiger partial charge in [0.05, 0.1) is 18.3 Å². The van der Waals surface area contributed by atoms with Crippen molar-refractivity contribution < 1.29 is 9.84 Å². The molecular formula is C16H24N2O2. The van der Waals surface area contributed by atoms with Crippen LogP contribution in [0.25, 0.3) is 0 Å². The lowest BCUT2D eigenvalue weighted by Gasteiger charge is -2.33. The van der Waals surface area contributed by atoms with Crippen molar-refractivity contribution in [1.29, 1.82) is 0 Å². The molecule has 1 aromatic carbocycles. The Balaban J connectivity index is 1.63. The third kappa shape index (κ3) is 3.04. The highest BCUT2D eigenvalue weighted by Crippen LogP contribution is 2.28. The van der Waals surface area contributed by atoms with Gasteiger partial charge in [0.15, 0.2) is 0 Å². The molecule has 0 spiro atoms. The number of hydrogen-bond acceptors (Lipinski definition) is 4. The van der Waals surface area contributed by atoms with Crippen molar-refractivity contribution in [2.24, 2.45) is 0 Å². The quantitative estimate of drug-likeness (QED) is 0.860. The van der Waals surface area contributed by atoms with Crippen LogP contribution in [0.2, 0.25) is 0 Å². The van der Waals surface area contributed by atoms with Gasteiger partial charge in [0.1, 0.15) is 0 Å². The van der Waals surface area contributed by atoms with Gasteiger partial charge in [-0.15, -0.1) is 0 Å². The number of nitrogens with zero attached hydrogens (tertiary/aromatic N) is 1. The molecule has 2 aliphatic rings. The van der Waals surface area contributed by atoms with Gasteiger partial charge in [-0.3, -0.25) is 0 Å². The van der Waals surface area contributed by atoms with Crippen molar-refractivity contribution in [2.75, 3.05) is 39.8 Å². The summed E-state index contributed by atoms with van der Waals surface area (Å²) in [5.74, 6) is 0. The third-order valence-electron chi connectivity index (χ3n) is 4.36. The number of nitrogens with one attached hydrogen (secondary N) is 1. The normalized spacial score (nSPS) is 29.6. The molecule has 2 unspecified atom stereocenters. The van der Waals surface area contributed by atoms with Gasteiger partial charge in [0.25, 0.3) is 0 Å². The van der Waals surface area contributed by atoms with Gasteiger partial charge in [-0.2, -0.15) is 0 Å². The predicted molar refractivity (Wildman–Crippen MR) is 78.8 cm³/mol. The summed E-state index contributed by atoms with van der Waals surface area (Å²) in [7, 11) is 2.07. The van der Waals surface area contributed by atoms with Gasteiger partial charge < -0.3 is 20.1 Å². The van der Waals surface area contributed by atoms with E-state index < -0.39 is 5.60 Å². The highest BCUT2D eigenvalue weighted by molar-refractivity contribution is 5.31. The molecule has 0 aliphatic carbocycles. The topological polar surface area (TPSA) is 44.7 Å². The van der Waals surface area contributed by atoms with Crippen molar-refractivity contribution in [3.63, 3.8) is 0 Å². The second kappa shape index (κ2) is 5.82. The molecule has 0 radical (unpaired) electrons. The third-order valence-corrected chi connectivity index (χ3v) is 4.36. The zero-order valence-corrected chi connectivity index (χ0v) is 12.1. The molecule has 0 aromatic heterocycles. The summed E-state index contributed by atoms with van der Waals surface area (Å²) in [5, 5.41) is 13.7. The summed E-state index contributed by atoms with van der Waals surface area (Å²) in [5.41, 5.74) is 2.13. The smallest absolute Gasteiger partial charge is 0.0954 e. The Hall–Kier alpha value is -0.940. The van der Waals surface area contributed by atoms with Crippen LogP contribution in [0.5, 0.6) is 0 Å². The highest BCUT2D eigenvalue weighted by atomic mass is 16.5. The largest absolute Gasteiger partial charge is 0.387 e. The summed E-state index contributed by atoms with van der Waals surface area (Å²) in [6, 6.07) is 8.53. The minimum Gasteiger partial charge on any atom is -0.387 e. The predicted octanol–water partition coefficient (Wildman–Crippen LogP) is 0.957. The van der Waals surface area contributed by atoms with Crippen molar-refractivity contribution in [1.82, 2.24) is 10.2 Å². The van der Waals surface area contributed by atoms with Crippen LogP contribution >= 0.6 is 0 Å². The fourth-order valence-corrected chi connectivity index (χ4v) is 3.34. The van der Waals surface area contributed by atoms with Crippen molar-refractivity contribution in [3.05, 3.63) is 35.4 Å². The molecule has 1 aromatic rings. The average molecular weight is 276 g/mol. The van der Waals surface area contributed by atoms with Crippen molar-refractivity contribution in [2.45, 2.75) is 24.5 Å². The van der Waals surface area contributed by atoms with E-state index in [0.717, 1.165) is 32.5 Å². The summed E-state index contributed by atoms with van der Waals surface area (Å²) >= 11 is 0. The Labute approximate surface area is 120 Å². The highest BCUT2D eigenvalue weighted by Gasteiger charge is 2.33. The van der Waals surface area contributed by atoms with E-state index in [1.54, 1.807) is 0 Å². The number of aliphatic hydroxyl groups is 1. The van der Waals surface area contributed by atoms with E-state index in [9.17, 15) is 5.11 Å². The molecule has 0 saturated carbocycles. The van der Waals surface area contributed by atoms with E-state index in [1.807, 2.05) is 0 Å². The summed E-state index contributed by atoms with van der Waals surface area (Å²) in [6.45, 7) is 3.93. The van der Waals surface area contributed by atoms with Gasteiger partial charge in [-0.25, -0.2) is 0 Å². The monoisotopic (exact) mass is 276 g/mol. The maximum absolute atomic E-state index is 10.4. The minimum absolute atomic E-state index is 0.128. The second-order valence-electron chi connectivity index (χ2n) is 6.16. The lowest BCUT2D eigenvalue weighted by molar-refractivity contribution is -0.0107. The number of hydrogen-bond donors (Lipinski definition) is 2. The van der Waals surface area contributed by atoms with Crippen LogP contribution in [0.1, 0.15) is 23.7 Å². The van der Waals surface area contributed by atoms with E-state index in [4.69, 9.17) is 4.74 Å². The lowest BCUT2D eigenvalue weighted by atomic mass is 9.96. The standard InChI is InChI=1S/C16H24N2O2/c1-18(12-16(19)7-8-17-11-16)10-15-14-5-3-2-4-13(14)6-9-20-15/h2-5,15,17,19H,6-12H2,1H3. The molecule has 0 bridgehead atoms. The molecule has 110 valence electrons. The first-order valence-electron chi connectivity index (χ1n) is 7.47. The molecule has 1 fully saturated rings. The number of β-amino-alcohol motifs (C(OH)–C–C–N with tert-alkyl or cyclic N) is 1. The average Bonchev–Trinajstić information content (AvgIpc) is 2.85. The van der Waals surface area contributed by atoms with Crippen LogP contribution < -0.4 is 5.32 Å². The van der Waals surface area contributed by atoms with Crippen LogP contribution in [0, 0.1) is 0 Å². The van der Waals surface area contributed by atoms with E-state index in [2.05, 4.69) is 41.5 Å². The zero-order chi connectivity index (χ0) is 14.0. The minimum atomic E-state index is -0.580. The summed E-state index contributed by atoms with van der Waals surface area (Å²) in [6.07, 6.45) is 1.96. The fourth-order valence-electron chi connectivity index (χ4n) is 3.34. The van der Waals surface area contributed by atoms with E-state index >= 15 is 0 Å². The number of likely N-dealkylation sites (N-methyl/N-ethyl adjacent to an activating group) is 1. The number of fused-ring (bicyclic) bond motifs is 1. The fraction of sp³-hybridized carbons (Fsp3) is 0.625. The summed E-state index contributed by atoms with van der Waals surface area (Å²) < 4.78 is 5.93. The molecule has 2 N–H and O–H groups in total. The molecule has 20 heavy (non-hydrogen) atoms. The first kappa shape index (κ1) is 14.0. The van der Waals surface area contributed by atoms with E-state index in [0.29, 0.717) is 13.1 Å². The molecule has 4 nitrogen and oxygen atoms in total. The molecule has 0 amide bonds. The molecular weight excluding hydrogens is 252 g/mol. The summed E-state index contributed by atoms with van der Waals surface area (Å²) in [4.78, 5) is 2.19. The Bertz CT molecular complexity index is 458. The first-order valence-corrected chi connectivity index (χ1v) is 7.47.